The molecule has 1 aliphatic heterocycles. The Morgan fingerprint density at radius 3 is 2.63 bits per heavy atom. The molecule has 7 nitrogen and oxygen atoms in total. The number of rotatable bonds is 7. The van der Waals surface area contributed by atoms with Gasteiger partial charge in [0, 0.05) is 29.7 Å². The molecule has 1 unspecified atom stereocenters. The van der Waals surface area contributed by atoms with E-state index in [0.717, 1.165) is 33.6 Å². The Kier molecular flexibility index (Phi) is 8.55. The first-order valence-corrected chi connectivity index (χ1v) is 14.1. The highest BCUT2D eigenvalue weighted by atomic mass is 35.5. The van der Waals surface area contributed by atoms with Crippen LogP contribution in [0.15, 0.2) is 42.5 Å². The molecule has 1 aliphatic rings. The van der Waals surface area contributed by atoms with Crippen molar-refractivity contribution in [3.8, 4) is 5.69 Å². The minimum atomic E-state index is -0.329. The van der Waals surface area contributed by atoms with Crippen molar-refractivity contribution in [3.05, 3.63) is 75.4 Å². The van der Waals surface area contributed by atoms with Gasteiger partial charge in [0.25, 0.3) is 0 Å². The van der Waals surface area contributed by atoms with Crippen LogP contribution in [-0.2, 0) is 19.7 Å². The van der Waals surface area contributed by atoms with Gasteiger partial charge in [-0.05, 0) is 48.7 Å². The van der Waals surface area contributed by atoms with Crippen LogP contribution in [0, 0.1) is 13.8 Å². The number of ether oxygens (including phenoxy) is 1. The van der Waals surface area contributed by atoms with Crippen LogP contribution in [-0.4, -0.2) is 54.2 Å². The number of nitrogens with one attached hydrogen (secondary N) is 1. The van der Waals surface area contributed by atoms with Crippen molar-refractivity contribution in [2.75, 3.05) is 37.5 Å². The van der Waals surface area contributed by atoms with E-state index in [2.05, 4.69) is 46.0 Å². The van der Waals surface area contributed by atoms with Gasteiger partial charge < -0.3 is 10.1 Å². The van der Waals surface area contributed by atoms with Gasteiger partial charge in [-0.1, -0.05) is 56.6 Å². The quantitative estimate of drug-likeness (QED) is 0.397. The first-order valence-electron chi connectivity index (χ1n) is 12.7. The van der Waals surface area contributed by atoms with Gasteiger partial charge in [-0.2, -0.15) is 5.10 Å². The second-order valence-electron chi connectivity index (χ2n) is 10.5. The second-order valence-corrected chi connectivity index (χ2v) is 12.1. The molecule has 0 saturated heterocycles. The van der Waals surface area contributed by atoms with Crippen molar-refractivity contribution in [2.24, 2.45) is 0 Å². The van der Waals surface area contributed by atoms with E-state index < -0.39 is 0 Å². The number of amides is 2. The summed E-state index contributed by atoms with van der Waals surface area (Å²) in [7, 11) is 1.58. The molecule has 9 heteroatoms. The lowest BCUT2D eigenvalue weighted by Gasteiger charge is -2.25. The lowest BCUT2D eigenvalue weighted by Crippen LogP contribution is -2.43. The Balaban J connectivity index is 1.99. The molecule has 202 valence electrons. The number of anilines is 1. The Morgan fingerprint density at radius 2 is 1.95 bits per heavy atom. The standard InChI is InChI=1S/C29H35ClN4O3S/c1-18-9-7-12-22(19(18)2)34-28-25(27(32-34)29(3,4)5)26(20-10-8-11-21(30)15-20)38-17-24(36)33(28)16-23(35)31-13-14-37-6/h7-12,15,26H,13-14,16-17H2,1-6H3,(H,31,35). The SMILES string of the molecule is COCCNC(=O)CN1C(=O)CSC(c2cccc(Cl)c2)c2c(C(C)(C)C)nn(-c3cccc(C)c3C)c21. The molecule has 1 N–H and O–H groups in total. The molecule has 0 spiro atoms. The summed E-state index contributed by atoms with van der Waals surface area (Å²) in [5, 5.41) is 8.47. The van der Waals surface area contributed by atoms with Gasteiger partial charge in [-0.25, -0.2) is 4.68 Å². The molecule has 0 radical (unpaired) electrons. The molecule has 2 amide bonds. The number of carbonyl (C=O) groups excluding carboxylic acids is 2. The smallest absolute Gasteiger partial charge is 0.240 e. The molecule has 2 heterocycles. The summed E-state index contributed by atoms with van der Waals surface area (Å²) in [6, 6.07) is 13.8. The van der Waals surface area contributed by atoms with Crippen molar-refractivity contribution < 1.29 is 14.3 Å². The van der Waals surface area contributed by atoms with Crippen LogP contribution in [0.3, 0.4) is 0 Å². The number of hydrogen-bond donors (Lipinski definition) is 1. The van der Waals surface area contributed by atoms with E-state index in [1.54, 1.807) is 23.8 Å². The van der Waals surface area contributed by atoms with Gasteiger partial charge in [-0.15, -0.1) is 11.8 Å². The number of methoxy groups -OCH3 is 1. The summed E-state index contributed by atoms with van der Waals surface area (Å²) in [5.74, 6) is 0.451. The number of carbonyl (C=O) groups is 2. The van der Waals surface area contributed by atoms with Crippen molar-refractivity contribution in [1.29, 1.82) is 0 Å². The second kappa shape index (κ2) is 11.5. The lowest BCUT2D eigenvalue weighted by molar-refractivity contribution is -0.123. The number of aryl methyl sites for hydroxylation is 1. The number of thioether (sulfide) groups is 1. The van der Waals surface area contributed by atoms with E-state index in [0.29, 0.717) is 24.0 Å². The van der Waals surface area contributed by atoms with Crippen molar-refractivity contribution in [2.45, 2.75) is 45.3 Å². The van der Waals surface area contributed by atoms with Crippen molar-refractivity contribution >= 4 is 41.0 Å². The third-order valence-corrected chi connectivity index (χ3v) is 8.18. The van der Waals surface area contributed by atoms with Gasteiger partial charge >= 0.3 is 0 Å². The highest BCUT2D eigenvalue weighted by Gasteiger charge is 2.40. The average molecular weight is 555 g/mol. The van der Waals surface area contributed by atoms with E-state index in [-0.39, 0.29) is 34.8 Å². The van der Waals surface area contributed by atoms with E-state index in [1.165, 1.54) is 0 Å². The Bertz CT molecular complexity index is 1350. The van der Waals surface area contributed by atoms with Crippen LogP contribution in [0.2, 0.25) is 5.02 Å². The number of fused-ring (bicyclic) bond motifs is 1. The maximum Gasteiger partial charge on any atom is 0.240 e. The molecule has 0 aliphatic carbocycles. The Morgan fingerprint density at radius 1 is 1.21 bits per heavy atom. The number of nitrogens with zero attached hydrogens (tertiary/aromatic N) is 3. The summed E-state index contributed by atoms with van der Waals surface area (Å²) in [5.41, 5.74) is 5.54. The number of hydrogen-bond acceptors (Lipinski definition) is 5. The van der Waals surface area contributed by atoms with Crippen molar-refractivity contribution in [3.63, 3.8) is 0 Å². The van der Waals surface area contributed by atoms with Gasteiger partial charge in [0.05, 0.1) is 29.0 Å². The van der Waals surface area contributed by atoms with Crippen LogP contribution in [0.1, 0.15) is 54.0 Å². The average Bonchev–Trinajstić information content (AvgIpc) is 3.19. The van der Waals surface area contributed by atoms with E-state index in [9.17, 15) is 9.59 Å². The van der Waals surface area contributed by atoms with Crippen LogP contribution in [0.25, 0.3) is 5.69 Å². The monoisotopic (exact) mass is 554 g/mol. The topological polar surface area (TPSA) is 76.5 Å². The third-order valence-electron chi connectivity index (χ3n) is 6.69. The number of halogens is 1. The van der Waals surface area contributed by atoms with Crippen LogP contribution < -0.4 is 10.2 Å². The molecule has 0 bridgehead atoms. The van der Waals surface area contributed by atoms with Crippen molar-refractivity contribution in [1.82, 2.24) is 15.1 Å². The van der Waals surface area contributed by atoms with Crippen LogP contribution >= 0.6 is 23.4 Å². The molecular formula is C29H35ClN4O3S. The molecular weight excluding hydrogens is 520 g/mol. The highest BCUT2D eigenvalue weighted by Crippen LogP contribution is 2.48. The third kappa shape index (κ3) is 5.77. The van der Waals surface area contributed by atoms with E-state index in [4.69, 9.17) is 21.4 Å². The molecule has 1 aromatic heterocycles. The molecule has 0 fully saturated rings. The highest BCUT2D eigenvalue weighted by molar-refractivity contribution is 8.00. The summed E-state index contributed by atoms with van der Waals surface area (Å²) < 4.78 is 6.93. The zero-order chi connectivity index (χ0) is 27.6. The van der Waals surface area contributed by atoms with Gasteiger partial charge in [0.2, 0.25) is 11.8 Å². The minimum Gasteiger partial charge on any atom is -0.383 e. The number of benzene rings is 2. The predicted octanol–water partition coefficient (Wildman–Crippen LogP) is 5.37. The zero-order valence-electron chi connectivity index (χ0n) is 22.8. The maximum absolute atomic E-state index is 13.7. The van der Waals surface area contributed by atoms with Crippen LogP contribution in [0.5, 0.6) is 0 Å². The molecule has 38 heavy (non-hydrogen) atoms. The summed E-state index contributed by atoms with van der Waals surface area (Å²) in [6.07, 6.45) is 0. The molecule has 4 rings (SSSR count). The number of aromatic nitrogens is 2. The van der Waals surface area contributed by atoms with E-state index in [1.807, 2.05) is 41.1 Å². The molecule has 2 aromatic carbocycles. The first-order chi connectivity index (χ1) is 18.0. The molecule has 0 saturated carbocycles. The van der Waals surface area contributed by atoms with Crippen LogP contribution in [0.4, 0.5) is 5.82 Å². The molecule has 3 aromatic rings. The lowest BCUT2D eigenvalue weighted by atomic mass is 9.87. The summed E-state index contributed by atoms with van der Waals surface area (Å²) in [4.78, 5) is 28.3. The normalized spacial score (nSPS) is 15.8. The van der Waals surface area contributed by atoms with E-state index >= 15 is 0 Å². The zero-order valence-corrected chi connectivity index (χ0v) is 24.4. The maximum atomic E-state index is 13.7. The molecule has 1 atom stereocenters. The Labute approximate surface area is 233 Å². The summed E-state index contributed by atoms with van der Waals surface area (Å²) >= 11 is 7.96. The summed E-state index contributed by atoms with van der Waals surface area (Å²) in [6.45, 7) is 11.1. The van der Waals surface area contributed by atoms with Gasteiger partial charge in [-0.3, -0.25) is 14.5 Å². The minimum absolute atomic E-state index is 0.113. The Hall–Kier alpha value is -2.81. The fourth-order valence-electron chi connectivity index (χ4n) is 4.63. The fourth-order valence-corrected chi connectivity index (χ4v) is 6.02. The predicted molar refractivity (Wildman–Crippen MR) is 155 cm³/mol. The van der Waals surface area contributed by atoms with Gasteiger partial charge in [0.15, 0.2) is 0 Å². The largest absolute Gasteiger partial charge is 0.383 e. The first kappa shape index (κ1) is 28.2. The van der Waals surface area contributed by atoms with Gasteiger partial charge in [0.1, 0.15) is 12.4 Å². The fraction of sp³-hybridized carbons (Fsp3) is 0.414.